The molecule has 0 saturated heterocycles. The fourth-order valence-electron chi connectivity index (χ4n) is 3.32. The number of fused-ring (bicyclic) bond motifs is 1. The highest BCUT2D eigenvalue weighted by molar-refractivity contribution is 7.19. The number of rotatable bonds is 3. The topological polar surface area (TPSA) is 57.4 Å². The van der Waals surface area contributed by atoms with Crippen molar-refractivity contribution in [2.45, 2.75) is 26.4 Å². The first-order valence-corrected chi connectivity index (χ1v) is 9.63. The first-order chi connectivity index (χ1) is 12.9. The first-order valence-electron chi connectivity index (χ1n) is 8.81. The minimum absolute atomic E-state index is 0.404. The molecular weight excluding hydrogens is 356 g/mol. The molecule has 1 aliphatic rings. The van der Waals surface area contributed by atoms with Gasteiger partial charge in [-0.1, -0.05) is 35.6 Å². The summed E-state index contributed by atoms with van der Waals surface area (Å²) in [6, 6.07) is 12.2. The molecule has 2 N–H and O–H groups in total. The lowest BCUT2D eigenvalue weighted by Gasteiger charge is -2.30. The zero-order chi connectivity index (χ0) is 19.2. The molecule has 0 atom stereocenters. The van der Waals surface area contributed by atoms with Crippen molar-refractivity contribution in [3.05, 3.63) is 53.6 Å². The van der Waals surface area contributed by atoms with Crippen molar-refractivity contribution in [1.29, 1.82) is 0 Å². The summed E-state index contributed by atoms with van der Waals surface area (Å²) in [6.07, 6.45) is 4.10. The summed E-state index contributed by atoms with van der Waals surface area (Å²) in [7, 11) is 1.67. The third-order valence-electron chi connectivity index (χ3n) is 4.68. The maximum absolute atomic E-state index is 6.33. The van der Waals surface area contributed by atoms with Gasteiger partial charge in [0.05, 0.1) is 23.2 Å². The van der Waals surface area contributed by atoms with Crippen molar-refractivity contribution < 1.29 is 9.47 Å². The number of anilines is 1. The summed E-state index contributed by atoms with van der Waals surface area (Å²) in [5.74, 6) is 1.56. The molecule has 4 nitrogen and oxygen atoms in total. The fourth-order valence-corrected chi connectivity index (χ4v) is 4.26. The van der Waals surface area contributed by atoms with E-state index in [9.17, 15) is 0 Å². The van der Waals surface area contributed by atoms with Crippen molar-refractivity contribution in [1.82, 2.24) is 4.98 Å². The minimum atomic E-state index is -0.404. The van der Waals surface area contributed by atoms with E-state index in [1.54, 1.807) is 7.11 Å². The van der Waals surface area contributed by atoms with Gasteiger partial charge in [-0.05, 0) is 56.2 Å². The minimum Gasteiger partial charge on any atom is -0.496 e. The third kappa shape index (κ3) is 3.08. The molecule has 1 aliphatic heterocycles. The number of nitrogens with zero attached hydrogens (tertiary/aromatic N) is 1. The number of aromatic nitrogens is 1. The van der Waals surface area contributed by atoms with E-state index >= 15 is 0 Å². The van der Waals surface area contributed by atoms with Gasteiger partial charge < -0.3 is 15.2 Å². The Labute approximate surface area is 163 Å². The molecule has 0 radical (unpaired) electrons. The van der Waals surface area contributed by atoms with Gasteiger partial charge in [0, 0.05) is 5.56 Å². The van der Waals surface area contributed by atoms with Crippen LogP contribution in [0.1, 0.15) is 25.0 Å². The number of ether oxygens (including phenoxy) is 2. The molecular formula is C22H22N2O2S. The van der Waals surface area contributed by atoms with Gasteiger partial charge in [0.2, 0.25) is 0 Å². The molecule has 0 saturated carbocycles. The van der Waals surface area contributed by atoms with Crippen molar-refractivity contribution in [2.24, 2.45) is 0 Å². The third-order valence-corrected chi connectivity index (χ3v) is 5.60. The second-order valence-electron chi connectivity index (χ2n) is 7.14. The van der Waals surface area contributed by atoms with Gasteiger partial charge in [0.1, 0.15) is 17.1 Å². The van der Waals surface area contributed by atoms with E-state index in [0.717, 1.165) is 38.8 Å². The number of nitrogens with two attached hydrogens (primary N) is 1. The number of aryl methyl sites for hydroxylation is 1. The van der Waals surface area contributed by atoms with Crippen molar-refractivity contribution in [3.63, 3.8) is 0 Å². The average Bonchev–Trinajstić information content (AvgIpc) is 3.01. The van der Waals surface area contributed by atoms with Gasteiger partial charge >= 0.3 is 0 Å². The van der Waals surface area contributed by atoms with Crippen LogP contribution in [0.4, 0.5) is 5.13 Å². The lowest BCUT2D eigenvalue weighted by molar-refractivity contribution is 0.159. The van der Waals surface area contributed by atoms with Crippen molar-refractivity contribution >= 4 is 22.5 Å². The van der Waals surface area contributed by atoms with E-state index in [2.05, 4.69) is 30.1 Å². The largest absolute Gasteiger partial charge is 0.496 e. The van der Waals surface area contributed by atoms with E-state index < -0.39 is 5.60 Å². The summed E-state index contributed by atoms with van der Waals surface area (Å²) < 4.78 is 11.9. The van der Waals surface area contributed by atoms with Crippen LogP contribution in [0.25, 0.3) is 27.8 Å². The van der Waals surface area contributed by atoms with Crippen LogP contribution in [-0.4, -0.2) is 17.7 Å². The lowest BCUT2D eigenvalue weighted by Crippen LogP contribution is -2.28. The van der Waals surface area contributed by atoms with E-state index in [1.807, 2.05) is 44.2 Å². The Morgan fingerprint density at radius 3 is 2.63 bits per heavy atom. The van der Waals surface area contributed by atoms with E-state index in [0.29, 0.717) is 5.13 Å². The Kier molecular flexibility index (Phi) is 4.19. The van der Waals surface area contributed by atoms with Crippen molar-refractivity contribution in [2.75, 3.05) is 12.8 Å². The summed E-state index contributed by atoms with van der Waals surface area (Å²) in [5, 5.41) is 0.540. The van der Waals surface area contributed by atoms with Gasteiger partial charge in [-0.3, -0.25) is 0 Å². The SMILES string of the molecule is COc1ccc(-c2nc(N)sc2-c2ccccc2C)c2c1C=CC(C)(C)O2. The van der Waals surface area contributed by atoms with Crippen LogP contribution in [0.2, 0.25) is 0 Å². The molecule has 5 heteroatoms. The quantitative estimate of drug-likeness (QED) is 0.648. The smallest absolute Gasteiger partial charge is 0.181 e. The van der Waals surface area contributed by atoms with Crippen LogP contribution in [0.5, 0.6) is 11.5 Å². The first kappa shape index (κ1) is 17.6. The molecule has 0 fully saturated rings. The highest BCUT2D eigenvalue weighted by atomic mass is 32.1. The molecule has 0 spiro atoms. The Morgan fingerprint density at radius 1 is 1.11 bits per heavy atom. The number of benzene rings is 2. The molecule has 3 aromatic rings. The fraction of sp³-hybridized carbons (Fsp3) is 0.227. The zero-order valence-electron chi connectivity index (χ0n) is 15.9. The molecule has 2 aromatic carbocycles. The normalized spacial score (nSPS) is 14.5. The Hall–Kier alpha value is -2.79. The molecule has 0 unspecified atom stereocenters. The molecule has 0 aliphatic carbocycles. The summed E-state index contributed by atoms with van der Waals surface area (Å²) in [5.41, 5.74) is 10.7. The van der Waals surface area contributed by atoms with Gasteiger partial charge in [-0.15, -0.1) is 0 Å². The maximum Gasteiger partial charge on any atom is 0.181 e. The summed E-state index contributed by atoms with van der Waals surface area (Å²) >= 11 is 1.50. The predicted octanol–water partition coefficient (Wildman–Crippen LogP) is 5.56. The van der Waals surface area contributed by atoms with Crippen LogP contribution >= 0.6 is 11.3 Å². The summed E-state index contributed by atoms with van der Waals surface area (Å²) in [6.45, 7) is 6.17. The predicted molar refractivity (Wildman–Crippen MR) is 112 cm³/mol. The maximum atomic E-state index is 6.33. The van der Waals surface area contributed by atoms with Crippen LogP contribution in [-0.2, 0) is 0 Å². The van der Waals surface area contributed by atoms with E-state index in [4.69, 9.17) is 15.2 Å². The Bertz CT molecular complexity index is 1050. The standard InChI is InChI=1S/C22H22N2O2S/c1-13-7-5-6-8-14(13)20-18(24-21(23)27-20)16-9-10-17(25-4)15-11-12-22(2,3)26-19(15)16/h5-12H,1-4H3,(H2,23,24). The van der Waals surface area contributed by atoms with Crippen LogP contribution in [0.15, 0.2) is 42.5 Å². The Balaban J connectivity index is 1.97. The number of thiazole rings is 1. The molecule has 2 heterocycles. The molecule has 138 valence electrons. The van der Waals surface area contributed by atoms with Gasteiger partial charge in [0.25, 0.3) is 0 Å². The lowest BCUT2D eigenvalue weighted by atomic mass is 9.96. The van der Waals surface area contributed by atoms with Crippen molar-refractivity contribution in [3.8, 4) is 33.2 Å². The molecule has 0 amide bonds. The van der Waals surface area contributed by atoms with E-state index in [-0.39, 0.29) is 0 Å². The molecule has 1 aromatic heterocycles. The second kappa shape index (κ2) is 6.43. The molecule has 27 heavy (non-hydrogen) atoms. The molecule has 0 bridgehead atoms. The highest BCUT2D eigenvalue weighted by Crippen LogP contribution is 2.48. The van der Waals surface area contributed by atoms with Gasteiger partial charge in [-0.25, -0.2) is 4.98 Å². The summed E-state index contributed by atoms with van der Waals surface area (Å²) in [4.78, 5) is 5.71. The second-order valence-corrected chi connectivity index (χ2v) is 8.17. The number of methoxy groups -OCH3 is 1. The molecule has 4 rings (SSSR count). The average molecular weight is 378 g/mol. The zero-order valence-corrected chi connectivity index (χ0v) is 16.7. The van der Waals surface area contributed by atoms with Gasteiger partial charge in [0.15, 0.2) is 5.13 Å². The monoisotopic (exact) mass is 378 g/mol. The number of nitrogen functional groups attached to an aromatic ring is 1. The Morgan fingerprint density at radius 2 is 1.89 bits per heavy atom. The number of hydrogen-bond acceptors (Lipinski definition) is 5. The highest BCUT2D eigenvalue weighted by Gasteiger charge is 2.29. The van der Waals surface area contributed by atoms with Crippen LogP contribution < -0.4 is 15.2 Å². The number of hydrogen-bond donors (Lipinski definition) is 1. The van der Waals surface area contributed by atoms with Crippen LogP contribution in [0, 0.1) is 6.92 Å². The van der Waals surface area contributed by atoms with E-state index in [1.165, 1.54) is 16.9 Å². The van der Waals surface area contributed by atoms with Gasteiger partial charge in [-0.2, -0.15) is 0 Å². The van der Waals surface area contributed by atoms with Crippen LogP contribution in [0.3, 0.4) is 0 Å².